The summed E-state index contributed by atoms with van der Waals surface area (Å²) in [5.41, 5.74) is 4.04. The number of aryl methyl sites for hydroxylation is 2. The first-order chi connectivity index (χ1) is 18.0. The number of piperidine rings is 1. The molecule has 0 amide bonds. The molecule has 1 unspecified atom stereocenters. The summed E-state index contributed by atoms with van der Waals surface area (Å²) in [6.45, 7) is 4.84. The number of hydrogen-bond donors (Lipinski definition) is 1. The molecule has 3 heterocycles. The Morgan fingerprint density at radius 3 is 2.59 bits per heavy atom. The molecule has 6 heteroatoms. The highest BCUT2D eigenvalue weighted by atomic mass is 16.5. The topological polar surface area (TPSA) is 63.7 Å². The van der Waals surface area contributed by atoms with Crippen molar-refractivity contribution in [1.29, 1.82) is 0 Å². The molecule has 0 saturated carbocycles. The number of aliphatic hydroxyl groups is 1. The molecule has 5 aromatic rings. The van der Waals surface area contributed by atoms with Crippen LogP contribution in [0, 0.1) is 6.92 Å². The number of aliphatic hydroxyl groups excluding tert-OH is 1. The van der Waals surface area contributed by atoms with Gasteiger partial charge in [0.25, 0.3) is 0 Å². The van der Waals surface area contributed by atoms with Crippen molar-refractivity contribution in [2.75, 3.05) is 26.2 Å². The summed E-state index contributed by atoms with van der Waals surface area (Å²) in [6.07, 6.45) is 1.66. The van der Waals surface area contributed by atoms with Crippen molar-refractivity contribution < 1.29 is 14.3 Å². The molecule has 1 N–H and O–H groups in total. The van der Waals surface area contributed by atoms with Crippen LogP contribution in [0.5, 0.6) is 5.75 Å². The first kappa shape index (κ1) is 23.8. The van der Waals surface area contributed by atoms with Crippen LogP contribution in [-0.2, 0) is 7.05 Å². The average Bonchev–Trinajstić information content (AvgIpc) is 3.51. The summed E-state index contributed by atoms with van der Waals surface area (Å²) in [5, 5.41) is 18.8. The number of aromatic nitrogens is 2. The van der Waals surface area contributed by atoms with E-state index in [1.54, 1.807) is 0 Å². The molecule has 37 heavy (non-hydrogen) atoms. The molecule has 0 aliphatic carbocycles. The van der Waals surface area contributed by atoms with Crippen molar-refractivity contribution in [2.45, 2.75) is 31.8 Å². The van der Waals surface area contributed by atoms with E-state index >= 15 is 0 Å². The molecule has 1 fully saturated rings. The van der Waals surface area contributed by atoms with E-state index in [9.17, 15) is 5.11 Å². The van der Waals surface area contributed by atoms with E-state index in [0.717, 1.165) is 48.3 Å². The zero-order valence-corrected chi connectivity index (χ0v) is 21.4. The summed E-state index contributed by atoms with van der Waals surface area (Å²) in [7, 11) is 1.92. The van der Waals surface area contributed by atoms with Gasteiger partial charge in [-0.2, -0.15) is 5.10 Å². The Hall–Kier alpha value is -3.61. The highest BCUT2D eigenvalue weighted by Gasteiger charge is 2.23. The van der Waals surface area contributed by atoms with E-state index in [1.165, 1.54) is 16.3 Å². The lowest BCUT2D eigenvalue weighted by Gasteiger charge is -2.33. The number of nitrogens with zero attached hydrogens (tertiary/aromatic N) is 3. The van der Waals surface area contributed by atoms with Crippen molar-refractivity contribution in [3.8, 4) is 17.2 Å². The van der Waals surface area contributed by atoms with Gasteiger partial charge in [0, 0.05) is 19.3 Å². The summed E-state index contributed by atoms with van der Waals surface area (Å²) in [4.78, 5) is 2.35. The van der Waals surface area contributed by atoms with Gasteiger partial charge in [-0.25, -0.2) is 0 Å². The van der Waals surface area contributed by atoms with Crippen LogP contribution >= 0.6 is 0 Å². The van der Waals surface area contributed by atoms with Crippen LogP contribution in [0.15, 0.2) is 77.2 Å². The fourth-order valence-electron chi connectivity index (χ4n) is 5.41. The van der Waals surface area contributed by atoms with E-state index < -0.39 is 6.10 Å². The smallest absolute Gasteiger partial charge is 0.155 e. The monoisotopic (exact) mass is 495 g/mol. The fourth-order valence-corrected chi connectivity index (χ4v) is 5.41. The molecule has 0 spiro atoms. The van der Waals surface area contributed by atoms with Crippen molar-refractivity contribution in [1.82, 2.24) is 14.7 Å². The van der Waals surface area contributed by atoms with Gasteiger partial charge < -0.3 is 19.2 Å². The van der Waals surface area contributed by atoms with Crippen molar-refractivity contribution in [3.63, 3.8) is 0 Å². The molecule has 2 aromatic heterocycles. The van der Waals surface area contributed by atoms with Crippen molar-refractivity contribution >= 4 is 21.7 Å². The third-order valence-electron chi connectivity index (χ3n) is 7.62. The maximum atomic E-state index is 10.7. The molecule has 1 atom stereocenters. The predicted octanol–water partition coefficient (Wildman–Crippen LogP) is 5.91. The zero-order valence-electron chi connectivity index (χ0n) is 21.4. The lowest BCUT2D eigenvalue weighted by Crippen LogP contribution is -2.40. The summed E-state index contributed by atoms with van der Waals surface area (Å²) >= 11 is 0. The first-order valence-electron chi connectivity index (χ1n) is 13.1. The first-order valence-corrected chi connectivity index (χ1v) is 13.1. The molecule has 6 rings (SSSR count). The van der Waals surface area contributed by atoms with Gasteiger partial charge in [-0.15, -0.1) is 0 Å². The molecule has 1 aliphatic heterocycles. The largest absolute Gasteiger partial charge is 0.490 e. The quantitative estimate of drug-likeness (QED) is 0.304. The third kappa shape index (κ3) is 4.99. The van der Waals surface area contributed by atoms with Gasteiger partial charge in [0.15, 0.2) is 5.76 Å². The van der Waals surface area contributed by atoms with Gasteiger partial charge in [0.1, 0.15) is 29.7 Å². The normalized spacial score (nSPS) is 16.0. The maximum absolute atomic E-state index is 10.7. The molecule has 0 bridgehead atoms. The zero-order chi connectivity index (χ0) is 25.4. The molecule has 1 saturated heterocycles. The van der Waals surface area contributed by atoms with E-state index in [2.05, 4.69) is 52.5 Å². The molecule has 0 radical (unpaired) electrons. The van der Waals surface area contributed by atoms with Crippen LogP contribution in [-0.4, -0.2) is 52.1 Å². The SMILES string of the molecule is Cc1cc(-c2cc3c(OCC(O)CN4CCC(c5ccc6ccccc6c5)CC4)cccc3o2)nn1C. The molecule has 6 nitrogen and oxygen atoms in total. The van der Waals surface area contributed by atoms with Crippen molar-refractivity contribution in [2.24, 2.45) is 7.05 Å². The Balaban J connectivity index is 1.04. The lowest BCUT2D eigenvalue weighted by atomic mass is 9.88. The number of ether oxygens (including phenoxy) is 1. The standard InChI is InChI=1S/C31H33N3O3/c1-21-16-28(32-33(21)2)31-18-27-29(8-5-9-30(27)37-31)36-20-26(35)19-34-14-12-23(13-15-34)25-11-10-22-6-3-4-7-24(22)17-25/h3-11,16-18,23,26,35H,12-15,19-20H2,1-2H3. The van der Waals surface area contributed by atoms with E-state index in [0.29, 0.717) is 24.0 Å². The molecular weight excluding hydrogens is 462 g/mol. The van der Waals surface area contributed by atoms with Gasteiger partial charge >= 0.3 is 0 Å². The second-order valence-electron chi connectivity index (χ2n) is 10.2. The third-order valence-corrected chi connectivity index (χ3v) is 7.62. The molecule has 1 aliphatic rings. The highest BCUT2D eigenvalue weighted by molar-refractivity contribution is 5.88. The highest BCUT2D eigenvalue weighted by Crippen LogP contribution is 2.34. The van der Waals surface area contributed by atoms with Crippen LogP contribution in [0.4, 0.5) is 0 Å². The lowest BCUT2D eigenvalue weighted by molar-refractivity contribution is 0.0599. The van der Waals surface area contributed by atoms with Gasteiger partial charge in [0.2, 0.25) is 0 Å². The van der Waals surface area contributed by atoms with Gasteiger partial charge in [0.05, 0.1) is 5.39 Å². The number of furan rings is 1. The Bertz CT molecular complexity index is 1510. The van der Waals surface area contributed by atoms with Crippen molar-refractivity contribution in [3.05, 3.63) is 84.1 Å². The average molecular weight is 496 g/mol. The van der Waals surface area contributed by atoms with Crippen LogP contribution < -0.4 is 4.74 Å². The van der Waals surface area contributed by atoms with E-state index in [4.69, 9.17) is 9.15 Å². The number of benzene rings is 3. The minimum atomic E-state index is -0.558. The second-order valence-corrected chi connectivity index (χ2v) is 10.2. The predicted molar refractivity (Wildman–Crippen MR) is 147 cm³/mol. The van der Waals surface area contributed by atoms with Gasteiger partial charge in [-0.1, -0.05) is 48.5 Å². The number of rotatable bonds is 7. The molecular formula is C31H33N3O3. The summed E-state index contributed by atoms with van der Waals surface area (Å²) in [5.74, 6) is 2.00. The summed E-state index contributed by atoms with van der Waals surface area (Å²) < 4.78 is 13.9. The number of β-amino-alcohol motifs (C(OH)–C–C–N with tert-alkyl or cyclic N) is 1. The Morgan fingerprint density at radius 2 is 1.81 bits per heavy atom. The number of hydrogen-bond acceptors (Lipinski definition) is 5. The molecule has 190 valence electrons. The van der Waals surface area contributed by atoms with Crippen LogP contribution in [0.3, 0.4) is 0 Å². The maximum Gasteiger partial charge on any atom is 0.155 e. The number of likely N-dealkylation sites (tertiary alicyclic amines) is 1. The van der Waals surface area contributed by atoms with Gasteiger partial charge in [-0.05, 0) is 79.4 Å². The van der Waals surface area contributed by atoms with Crippen LogP contribution in [0.25, 0.3) is 33.2 Å². The minimum absolute atomic E-state index is 0.243. The number of fused-ring (bicyclic) bond motifs is 2. The minimum Gasteiger partial charge on any atom is -0.490 e. The fraction of sp³-hybridized carbons (Fsp3) is 0.323. The van der Waals surface area contributed by atoms with Gasteiger partial charge in [-0.3, -0.25) is 4.68 Å². The molecule has 3 aromatic carbocycles. The summed E-state index contributed by atoms with van der Waals surface area (Å²) in [6, 6.07) is 25.1. The Labute approximate surface area is 217 Å². The Morgan fingerprint density at radius 1 is 1.00 bits per heavy atom. The van der Waals surface area contributed by atoms with Crippen LogP contribution in [0.1, 0.15) is 30.0 Å². The van der Waals surface area contributed by atoms with Crippen LogP contribution in [0.2, 0.25) is 0 Å². The van der Waals surface area contributed by atoms with E-state index in [1.807, 2.05) is 49.0 Å². The Kier molecular flexibility index (Phi) is 6.45. The second kappa shape index (κ2) is 10.0. The van der Waals surface area contributed by atoms with E-state index in [-0.39, 0.29) is 6.61 Å².